The minimum atomic E-state index is -2.94. The number of nitrogens with one attached hydrogen (secondary N) is 1. The largest absolute Gasteiger partial charge is 0.311 e. The van der Waals surface area contributed by atoms with E-state index >= 15 is 0 Å². The second-order valence-electron chi connectivity index (χ2n) is 7.52. The molecule has 1 saturated carbocycles. The number of nitrogens with zero attached hydrogens (tertiary/aromatic N) is 1. The second-order valence-corrected chi connectivity index (χ2v) is 10.2. The van der Waals surface area contributed by atoms with Crippen LogP contribution in [-0.4, -0.2) is 55.5 Å². The van der Waals surface area contributed by atoms with Gasteiger partial charge in [-0.3, -0.25) is 4.90 Å². The van der Waals surface area contributed by atoms with Crippen molar-refractivity contribution in [2.24, 2.45) is 5.92 Å². The van der Waals surface area contributed by atoms with Crippen molar-refractivity contribution in [2.75, 3.05) is 25.4 Å². The van der Waals surface area contributed by atoms with E-state index < -0.39 is 9.84 Å². The first-order valence-corrected chi connectivity index (χ1v) is 10.2. The van der Waals surface area contributed by atoms with Gasteiger partial charge in [0.2, 0.25) is 0 Å². The fourth-order valence-electron chi connectivity index (χ4n) is 3.70. The molecule has 0 amide bonds. The first kappa shape index (κ1) is 17.2. The Morgan fingerprint density at radius 2 is 1.81 bits per heavy atom. The van der Waals surface area contributed by atoms with Crippen LogP contribution in [0, 0.1) is 5.92 Å². The summed E-state index contributed by atoms with van der Waals surface area (Å²) in [4.78, 5) is 2.50. The molecule has 1 saturated heterocycles. The average Bonchev–Trinajstić information content (AvgIpc) is 2.86. The maximum atomic E-state index is 12.1. The molecule has 2 fully saturated rings. The lowest BCUT2D eigenvalue weighted by molar-refractivity contribution is 0.0385. The molecule has 124 valence electrons. The van der Waals surface area contributed by atoms with Crippen molar-refractivity contribution in [3.63, 3.8) is 0 Å². The molecule has 1 heterocycles. The van der Waals surface area contributed by atoms with Crippen LogP contribution in [0.3, 0.4) is 0 Å². The zero-order valence-corrected chi connectivity index (χ0v) is 14.9. The van der Waals surface area contributed by atoms with E-state index in [9.17, 15) is 8.42 Å². The Balaban J connectivity index is 2.07. The predicted molar refractivity (Wildman–Crippen MR) is 88.3 cm³/mol. The van der Waals surface area contributed by atoms with Gasteiger partial charge in [-0.2, -0.15) is 0 Å². The van der Waals surface area contributed by atoms with Crippen LogP contribution < -0.4 is 5.32 Å². The minimum absolute atomic E-state index is 0.220. The average molecular weight is 317 g/mol. The molecular formula is C16H32N2O2S. The summed E-state index contributed by atoms with van der Waals surface area (Å²) < 4.78 is 24.3. The maximum absolute atomic E-state index is 12.1. The fraction of sp³-hybridized carbons (Fsp3) is 1.00. The SMILES string of the molecule is CC(C)C1CN(CCS(=O)(=O)C(C)C)C2(CCCC2)CN1. The van der Waals surface area contributed by atoms with Crippen molar-refractivity contribution in [2.45, 2.75) is 70.2 Å². The Morgan fingerprint density at radius 3 is 2.33 bits per heavy atom. The van der Waals surface area contributed by atoms with E-state index in [4.69, 9.17) is 0 Å². The maximum Gasteiger partial charge on any atom is 0.153 e. The molecule has 0 aromatic carbocycles. The lowest BCUT2D eigenvalue weighted by atomic mass is 9.88. The van der Waals surface area contributed by atoms with Crippen molar-refractivity contribution in [3.05, 3.63) is 0 Å². The molecule has 21 heavy (non-hydrogen) atoms. The molecule has 1 aliphatic carbocycles. The molecule has 1 unspecified atom stereocenters. The highest BCUT2D eigenvalue weighted by atomic mass is 32.2. The van der Waals surface area contributed by atoms with Crippen molar-refractivity contribution in [1.82, 2.24) is 10.2 Å². The Labute approximate surface area is 130 Å². The topological polar surface area (TPSA) is 49.4 Å². The van der Waals surface area contributed by atoms with Gasteiger partial charge in [-0.1, -0.05) is 26.7 Å². The molecule has 1 N–H and O–H groups in total. The van der Waals surface area contributed by atoms with E-state index in [-0.39, 0.29) is 10.8 Å². The van der Waals surface area contributed by atoms with Crippen LogP contribution in [-0.2, 0) is 9.84 Å². The Bertz CT molecular complexity index is 439. The van der Waals surface area contributed by atoms with E-state index in [1.165, 1.54) is 25.7 Å². The van der Waals surface area contributed by atoms with Crippen molar-refractivity contribution in [1.29, 1.82) is 0 Å². The van der Waals surface area contributed by atoms with E-state index in [2.05, 4.69) is 24.1 Å². The van der Waals surface area contributed by atoms with Crippen molar-refractivity contribution >= 4 is 9.84 Å². The predicted octanol–water partition coefficient (Wildman–Crippen LogP) is 2.05. The van der Waals surface area contributed by atoms with Gasteiger partial charge in [-0.05, 0) is 32.6 Å². The summed E-state index contributed by atoms with van der Waals surface area (Å²) in [7, 11) is -2.94. The quantitative estimate of drug-likeness (QED) is 0.843. The standard InChI is InChI=1S/C16H32N2O2S/c1-13(2)15-11-18(9-10-21(19,20)14(3)4)16(12-17-15)7-5-6-8-16/h13-15,17H,5-12H2,1-4H3. The Kier molecular flexibility index (Phi) is 5.37. The molecule has 0 aromatic rings. The van der Waals surface area contributed by atoms with Crippen molar-refractivity contribution < 1.29 is 8.42 Å². The highest BCUT2D eigenvalue weighted by Gasteiger charge is 2.44. The van der Waals surface area contributed by atoms with Gasteiger partial charge in [0.05, 0.1) is 11.0 Å². The molecule has 4 nitrogen and oxygen atoms in total. The Hall–Kier alpha value is -0.130. The summed E-state index contributed by atoms with van der Waals surface area (Å²) >= 11 is 0. The summed E-state index contributed by atoms with van der Waals surface area (Å²) in [5.41, 5.74) is 0.220. The molecule has 0 bridgehead atoms. The van der Waals surface area contributed by atoms with Gasteiger partial charge in [0.1, 0.15) is 0 Å². The van der Waals surface area contributed by atoms with Gasteiger partial charge in [0.15, 0.2) is 9.84 Å². The first-order valence-electron chi connectivity index (χ1n) is 8.47. The van der Waals surface area contributed by atoms with Gasteiger partial charge >= 0.3 is 0 Å². The van der Waals surface area contributed by atoms with E-state index in [0.29, 0.717) is 24.3 Å². The van der Waals surface area contributed by atoms with Crippen LogP contribution in [0.25, 0.3) is 0 Å². The molecule has 1 aliphatic heterocycles. The van der Waals surface area contributed by atoms with E-state index in [0.717, 1.165) is 13.1 Å². The first-order chi connectivity index (χ1) is 9.77. The van der Waals surface area contributed by atoms with E-state index in [1.54, 1.807) is 13.8 Å². The van der Waals surface area contributed by atoms with Gasteiger partial charge in [-0.15, -0.1) is 0 Å². The summed E-state index contributed by atoms with van der Waals surface area (Å²) in [5, 5.41) is 3.45. The molecule has 2 rings (SSSR count). The van der Waals surface area contributed by atoms with Crippen LogP contribution in [0.1, 0.15) is 53.4 Å². The Morgan fingerprint density at radius 1 is 1.19 bits per heavy atom. The molecule has 1 atom stereocenters. The van der Waals surface area contributed by atoms with Crippen LogP contribution in [0.4, 0.5) is 0 Å². The van der Waals surface area contributed by atoms with Gasteiger partial charge in [0, 0.05) is 31.2 Å². The number of piperazine rings is 1. The molecule has 0 aromatic heterocycles. The smallest absolute Gasteiger partial charge is 0.153 e. The van der Waals surface area contributed by atoms with Crippen LogP contribution in [0.5, 0.6) is 0 Å². The monoisotopic (exact) mass is 316 g/mol. The van der Waals surface area contributed by atoms with E-state index in [1.807, 2.05) is 0 Å². The zero-order valence-electron chi connectivity index (χ0n) is 14.1. The zero-order chi connectivity index (χ0) is 15.7. The molecule has 5 heteroatoms. The van der Waals surface area contributed by atoms with Gasteiger partial charge < -0.3 is 5.32 Å². The highest BCUT2D eigenvalue weighted by Crippen LogP contribution is 2.37. The van der Waals surface area contributed by atoms with Crippen LogP contribution in [0.15, 0.2) is 0 Å². The number of rotatable bonds is 5. The summed E-state index contributed by atoms with van der Waals surface area (Å²) in [6, 6.07) is 0.484. The van der Waals surface area contributed by atoms with Crippen LogP contribution >= 0.6 is 0 Å². The summed E-state index contributed by atoms with van der Waals surface area (Å²) in [5.74, 6) is 0.894. The number of hydrogen-bond acceptors (Lipinski definition) is 4. The summed E-state index contributed by atoms with van der Waals surface area (Å²) in [6.45, 7) is 10.8. The molecule has 1 spiro atoms. The highest BCUT2D eigenvalue weighted by molar-refractivity contribution is 7.92. The molecular weight excluding hydrogens is 284 g/mol. The molecule has 2 aliphatic rings. The third-order valence-corrected chi connectivity index (χ3v) is 7.67. The normalized spacial score (nSPS) is 27.0. The number of sulfone groups is 1. The lowest BCUT2D eigenvalue weighted by Crippen LogP contribution is -2.65. The second kappa shape index (κ2) is 6.55. The molecule has 0 radical (unpaired) electrons. The summed E-state index contributed by atoms with van der Waals surface area (Å²) in [6.07, 6.45) is 4.99. The van der Waals surface area contributed by atoms with Gasteiger partial charge in [0.25, 0.3) is 0 Å². The fourth-order valence-corrected chi connectivity index (χ4v) is 4.65. The third-order valence-electron chi connectivity index (χ3n) is 5.48. The van der Waals surface area contributed by atoms with Gasteiger partial charge in [-0.25, -0.2) is 8.42 Å². The van der Waals surface area contributed by atoms with Crippen molar-refractivity contribution in [3.8, 4) is 0 Å². The third kappa shape index (κ3) is 3.80. The lowest BCUT2D eigenvalue weighted by Gasteiger charge is -2.49. The minimum Gasteiger partial charge on any atom is -0.311 e. The number of hydrogen-bond donors (Lipinski definition) is 1. The van der Waals surface area contributed by atoms with Crippen LogP contribution in [0.2, 0.25) is 0 Å².